The van der Waals surface area contributed by atoms with Crippen molar-refractivity contribution in [2.45, 2.75) is 31.3 Å². The van der Waals surface area contributed by atoms with E-state index >= 15 is 0 Å². The maximum absolute atomic E-state index is 12.9. The molecule has 1 aliphatic rings. The van der Waals surface area contributed by atoms with Gasteiger partial charge in [0.25, 0.3) is 0 Å². The smallest absolute Gasteiger partial charge is 0.222 e. The van der Waals surface area contributed by atoms with Crippen LogP contribution in [0.1, 0.15) is 26.2 Å². The van der Waals surface area contributed by atoms with Crippen molar-refractivity contribution in [3.8, 4) is 22.8 Å². The van der Waals surface area contributed by atoms with Crippen molar-refractivity contribution in [2.24, 2.45) is 0 Å². The molecular formula is C31H33Cl2N5O2S. The molecule has 0 unspecified atom stereocenters. The first kappa shape index (κ1) is 29.3. The van der Waals surface area contributed by atoms with Crippen LogP contribution >= 0.6 is 35.0 Å². The number of unbranched alkanes of at least 4 members (excludes halogenated alkanes) is 1. The molecule has 1 amide bonds. The van der Waals surface area contributed by atoms with Gasteiger partial charge < -0.3 is 14.5 Å². The molecule has 5 rings (SSSR count). The summed E-state index contributed by atoms with van der Waals surface area (Å²) in [7, 11) is 0. The normalized spacial score (nSPS) is 13.4. The number of benzene rings is 3. The van der Waals surface area contributed by atoms with Gasteiger partial charge in [-0.25, -0.2) is 0 Å². The lowest BCUT2D eigenvalue weighted by atomic mass is 10.2. The van der Waals surface area contributed by atoms with Gasteiger partial charge in [0.15, 0.2) is 11.0 Å². The summed E-state index contributed by atoms with van der Waals surface area (Å²) in [6, 6.07) is 23.6. The Kier molecular flexibility index (Phi) is 10.1. The van der Waals surface area contributed by atoms with Crippen LogP contribution in [0.3, 0.4) is 0 Å². The van der Waals surface area contributed by atoms with E-state index in [9.17, 15) is 4.79 Å². The molecule has 0 N–H and O–H groups in total. The number of thioether (sulfide) groups is 1. The fourth-order valence-electron chi connectivity index (χ4n) is 4.89. The quantitative estimate of drug-likeness (QED) is 0.132. The molecule has 0 spiro atoms. The van der Waals surface area contributed by atoms with E-state index in [0.717, 1.165) is 78.4 Å². The number of para-hydroxylation sites is 2. The third-order valence-electron chi connectivity index (χ3n) is 6.98. The Morgan fingerprint density at radius 2 is 1.66 bits per heavy atom. The summed E-state index contributed by atoms with van der Waals surface area (Å²) in [4.78, 5) is 17.2. The van der Waals surface area contributed by atoms with E-state index in [2.05, 4.69) is 21.2 Å². The molecule has 2 heterocycles. The molecule has 0 saturated carbocycles. The van der Waals surface area contributed by atoms with E-state index in [1.165, 1.54) is 0 Å². The van der Waals surface area contributed by atoms with Crippen molar-refractivity contribution in [3.63, 3.8) is 0 Å². The Morgan fingerprint density at radius 3 is 2.41 bits per heavy atom. The minimum absolute atomic E-state index is 0.220. The van der Waals surface area contributed by atoms with Crippen LogP contribution in [-0.2, 0) is 4.79 Å². The van der Waals surface area contributed by atoms with Crippen LogP contribution in [0.25, 0.3) is 17.1 Å². The topological polar surface area (TPSA) is 63.5 Å². The SMILES string of the molecule is CCOc1ccccc1N1CCN(C(=O)CCCCSc2nnc(-c3ccccc3)n2-c2ccc(Cl)c(Cl)c2)CC1. The number of anilines is 1. The van der Waals surface area contributed by atoms with Gasteiger partial charge in [0.2, 0.25) is 5.91 Å². The van der Waals surface area contributed by atoms with E-state index in [0.29, 0.717) is 23.1 Å². The lowest BCUT2D eigenvalue weighted by Crippen LogP contribution is -2.48. The molecule has 1 aliphatic heterocycles. The van der Waals surface area contributed by atoms with Crippen LogP contribution in [0.15, 0.2) is 78.0 Å². The summed E-state index contributed by atoms with van der Waals surface area (Å²) in [6.45, 7) is 5.69. The maximum atomic E-state index is 12.9. The molecule has 10 heteroatoms. The molecule has 1 saturated heterocycles. The van der Waals surface area contributed by atoms with Gasteiger partial charge in [-0.15, -0.1) is 10.2 Å². The molecule has 7 nitrogen and oxygen atoms in total. The molecule has 0 radical (unpaired) electrons. The van der Waals surface area contributed by atoms with Crippen molar-refractivity contribution in [1.82, 2.24) is 19.7 Å². The summed E-state index contributed by atoms with van der Waals surface area (Å²) in [5.41, 5.74) is 2.91. The lowest BCUT2D eigenvalue weighted by molar-refractivity contribution is -0.131. The van der Waals surface area contributed by atoms with E-state index in [1.54, 1.807) is 17.8 Å². The Hall–Kier alpha value is -3.20. The van der Waals surface area contributed by atoms with Crippen molar-refractivity contribution < 1.29 is 9.53 Å². The predicted molar refractivity (Wildman–Crippen MR) is 168 cm³/mol. The second-order valence-electron chi connectivity index (χ2n) is 9.68. The summed E-state index contributed by atoms with van der Waals surface area (Å²) < 4.78 is 7.80. The van der Waals surface area contributed by atoms with Gasteiger partial charge in [0.05, 0.1) is 28.0 Å². The molecule has 1 aromatic heterocycles. The average Bonchev–Trinajstić information content (AvgIpc) is 3.43. The zero-order valence-corrected chi connectivity index (χ0v) is 25.3. The van der Waals surface area contributed by atoms with Gasteiger partial charge in [0.1, 0.15) is 5.75 Å². The number of amides is 1. The fourth-order valence-corrected chi connectivity index (χ4v) is 6.13. The number of aromatic nitrogens is 3. The van der Waals surface area contributed by atoms with E-state index in [1.807, 2.05) is 77.1 Å². The second-order valence-corrected chi connectivity index (χ2v) is 11.6. The fraction of sp³-hybridized carbons (Fsp3) is 0.323. The molecule has 0 atom stereocenters. The standard InChI is InChI=1S/C31H33Cl2N5O2S/c1-2-40-28-13-7-6-12-27(28)36-17-19-37(20-18-36)29(39)14-8-9-21-41-31-35-34-30(23-10-4-3-5-11-23)38(31)24-15-16-25(32)26(33)22-24/h3-7,10-13,15-16,22H,2,8-9,14,17-21H2,1H3. The zero-order chi connectivity index (χ0) is 28.6. The van der Waals surface area contributed by atoms with Gasteiger partial charge in [-0.1, -0.05) is 77.4 Å². The van der Waals surface area contributed by atoms with Gasteiger partial charge in [0, 0.05) is 43.9 Å². The molecule has 41 heavy (non-hydrogen) atoms. The van der Waals surface area contributed by atoms with Crippen LogP contribution in [-0.4, -0.2) is 64.1 Å². The van der Waals surface area contributed by atoms with Gasteiger partial charge in [-0.2, -0.15) is 0 Å². The Labute approximate surface area is 255 Å². The summed E-state index contributed by atoms with van der Waals surface area (Å²) in [5, 5.41) is 10.7. The Bertz CT molecular complexity index is 1460. The molecule has 0 bridgehead atoms. The average molecular weight is 611 g/mol. The number of halogens is 2. The highest BCUT2D eigenvalue weighted by atomic mass is 35.5. The van der Waals surface area contributed by atoms with Crippen molar-refractivity contribution in [3.05, 3.63) is 82.8 Å². The number of piperazine rings is 1. The first-order valence-electron chi connectivity index (χ1n) is 13.9. The van der Waals surface area contributed by atoms with Gasteiger partial charge >= 0.3 is 0 Å². The van der Waals surface area contributed by atoms with Crippen LogP contribution in [0.2, 0.25) is 10.0 Å². The largest absolute Gasteiger partial charge is 0.492 e. The predicted octanol–water partition coefficient (Wildman–Crippen LogP) is 7.25. The number of rotatable bonds is 11. The lowest BCUT2D eigenvalue weighted by Gasteiger charge is -2.36. The zero-order valence-electron chi connectivity index (χ0n) is 23.0. The minimum atomic E-state index is 0.220. The number of nitrogens with zero attached hydrogens (tertiary/aromatic N) is 5. The van der Waals surface area contributed by atoms with E-state index in [4.69, 9.17) is 27.9 Å². The Morgan fingerprint density at radius 1 is 0.902 bits per heavy atom. The van der Waals surface area contributed by atoms with Crippen LogP contribution in [0.5, 0.6) is 5.75 Å². The van der Waals surface area contributed by atoms with Crippen LogP contribution < -0.4 is 9.64 Å². The maximum Gasteiger partial charge on any atom is 0.222 e. The van der Waals surface area contributed by atoms with Gasteiger partial charge in [-0.3, -0.25) is 9.36 Å². The monoisotopic (exact) mass is 609 g/mol. The van der Waals surface area contributed by atoms with Gasteiger partial charge in [-0.05, 0) is 50.1 Å². The summed E-state index contributed by atoms with van der Waals surface area (Å²) in [5.74, 6) is 2.68. The Balaban J connectivity index is 1.14. The third kappa shape index (κ3) is 7.18. The summed E-state index contributed by atoms with van der Waals surface area (Å²) in [6.07, 6.45) is 2.27. The number of hydrogen-bond donors (Lipinski definition) is 0. The molecule has 4 aromatic rings. The summed E-state index contributed by atoms with van der Waals surface area (Å²) >= 11 is 14.1. The highest BCUT2D eigenvalue weighted by Gasteiger charge is 2.23. The highest BCUT2D eigenvalue weighted by molar-refractivity contribution is 7.99. The van der Waals surface area contributed by atoms with Crippen LogP contribution in [0, 0.1) is 0 Å². The number of ether oxygens (including phenoxy) is 1. The number of hydrogen-bond acceptors (Lipinski definition) is 6. The minimum Gasteiger partial charge on any atom is -0.492 e. The third-order valence-corrected chi connectivity index (χ3v) is 8.74. The van der Waals surface area contributed by atoms with E-state index < -0.39 is 0 Å². The first-order valence-corrected chi connectivity index (χ1v) is 15.6. The van der Waals surface area contributed by atoms with Crippen molar-refractivity contribution >= 4 is 46.6 Å². The molecule has 214 valence electrons. The number of carbonyl (C=O) groups excluding carboxylic acids is 1. The van der Waals surface area contributed by atoms with Crippen molar-refractivity contribution in [1.29, 1.82) is 0 Å². The number of carbonyl (C=O) groups is 1. The molecule has 3 aromatic carbocycles. The molecule has 1 fully saturated rings. The second kappa shape index (κ2) is 14.1. The first-order chi connectivity index (χ1) is 20.0. The molecule has 0 aliphatic carbocycles. The van der Waals surface area contributed by atoms with Crippen LogP contribution in [0.4, 0.5) is 5.69 Å². The molecular weight excluding hydrogens is 577 g/mol. The highest BCUT2D eigenvalue weighted by Crippen LogP contribution is 2.32. The van der Waals surface area contributed by atoms with E-state index in [-0.39, 0.29) is 5.91 Å². The van der Waals surface area contributed by atoms with Crippen molar-refractivity contribution in [2.75, 3.05) is 43.4 Å².